The lowest BCUT2D eigenvalue weighted by molar-refractivity contribution is 0.263. The van der Waals surface area contributed by atoms with Crippen LogP contribution in [0, 0.1) is 0 Å². The Morgan fingerprint density at radius 3 is 2.75 bits per heavy atom. The summed E-state index contributed by atoms with van der Waals surface area (Å²) in [5, 5.41) is 8.64. The predicted molar refractivity (Wildman–Crippen MR) is 39.7 cm³/mol. The third kappa shape index (κ3) is 1.42. The molecule has 1 rings (SSSR count). The van der Waals surface area contributed by atoms with Crippen LogP contribution in [0.15, 0.2) is 4.79 Å². The fourth-order valence-corrected chi connectivity index (χ4v) is 0.731. The molecular formula is C6H9N3O3. The molecule has 0 aromatic carbocycles. The van der Waals surface area contributed by atoms with Gasteiger partial charge in [-0.25, -0.2) is 9.36 Å². The van der Waals surface area contributed by atoms with Crippen molar-refractivity contribution < 1.29 is 9.84 Å². The van der Waals surface area contributed by atoms with E-state index in [0.717, 1.165) is 4.57 Å². The standard InChI is InChI=1S/C6H9N3O3/c1-9-5(11)7-4(3-10)8-6(9)12-2/h10H,3H2,1-2H3. The molecule has 0 unspecified atom stereocenters. The molecule has 0 atom stereocenters. The molecule has 0 aliphatic heterocycles. The first-order valence-corrected chi connectivity index (χ1v) is 3.28. The Hall–Kier alpha value is -1.43. The fourth-order valence-electron chi connectivity index (χ4n) is 0.731. The minimum atomic E-state index is -0.495. The Labute approximate surface area is 68.5 Å². The van der Waals surface area contributed by atoms with Crippen LogP contribution in [0.4, 0.5) is 0 Å². The van der Waals surface area contributed by atoms with Gasteiger partial charge in [-0.1, -0.05) is 0 Å². The van der Waals surface area contributed by atoms with Crippen molar-refractivity contribution in [1.29, 1.82) is 0 Å². The molecule has 0 fully saturated rings. The normalized spacial score (nSPS) is 9.92. The molecule has 0 aliphatic carbocycles. The van der Waals surface area contributed by atoms with Gasteiger partial charge in [-0.05, 0) is 0 Å². The van der Waals surface area contributed by atoms with Crippen LogP contribution in [0.2, 0.25) is 0 Å². The smallest absolute Gasteiger partial charge is 0.353 e. The second kappa shape index (κ2) is 3.31. The molecule has 6 heteroatoms. The van der Waals surface area contributed by atoms with Crippen LogP contribution in [0.25, 0.3) is 0 Å². The monoisotopic (exact) mass is 171 g/mol. The van der Waals surface area contributed by atoms with Gasteiger partial charge in [-0.15, -0.1) is 0 Å². The number of rotatable bonds is 2. The molecule has 66 valence electrons. The van der Waals surface area contributed by atoms with Gasteiger partial charge in [0.2, 0.25) is 0 Å². The van der Waals surface area contributed by atoms with Crippen molar-refractivity contribution in [3.63, 3.8) is 0 Å². The lowest BCUT2D eigenvalue weighted by atomic mass is 10.6. The predicted octanol–water partition coefficient (Wildman–Crippen LogP) is -1.32. The van der Waals surface area contributed by atoms with E-state index < -0.39 is 5.69 Å². The Kier molecular flexibility index (Phi) is 2.39. The molecule has 12 heavy (non-hydrogen) atoms. The van der Waals surface area contributed by atoms with E-state index in [9.17, 15) is 4.79 Å². The first-order chi connectivity index (χ1) is 5.69. The molecule has 0 bridgehead atoms. The van der Waals surface area contributed by atoms with Gasteiger partial charge < -0.3 is 9.84 Å². The van der Waals surface area contributed by atoms with Crippen molar-refractivity contribution in [3.05, 3.63) is 16.3 Å². The van der Waals surface area contributed by atoms with Crippen molar-refractivity contribution >= 4 is 0 Å². The van der Waals surface area contributed by atoms with E-state index in [1.165, 1.54) is 14.2 Å². The molecule has 1 heterocycles. The highest BCUT2D eigenvalue weighted by molar-refractivity contribution is 4.97. The van der Waals surface area contributed by atoms with E-state index in [1.807, 2.05) is 0 Å². The number of aliphatic hydroxyl groups is 1. The van der Waals surface area contributed by atoms with Gasteiger partial charge in [0.25, 0.3) is 0 Å². The van der Waals surface area contributed by atoms with E-state index in [4.69, 9.17) is 9.84 Å². The molecule has 0 saturated heterocycles. The number of methoxy groups -OCH3 is 1. The van der Waals surface area contributed by atoms with Gasteiger partial charge in [0, 0.05) is 7.05 Å². The molecule has 1 aromatic heterocycles. The number of aliphatic hydroxyl groups excluding tert-OH is 1. The van der Waals surface area contributed by atoms with Crippen LogP contribution in [-0.4, -0.2) is 26.8 Å². The lowest BCUT2D eigenvalue weighted by Crippen LogP contribution is -2.24. The Morgan fingerprint density at radius 1 is 1.58 bits per heavy atom. The zero-order valence-corrected chi connectivity index (χ0v) is 6.81. The average molecular weight is 171 g/mol. The number of hydrogen-bond donors (Lipinski definition) is 1. The zero-order valence-electron chi connectivity index (χ0n) is 6.81. The van der Waals surface area contributed by atoms with E-state index in [0.29, 0.717) is 0 Å². The van der Waals surface area contributed by atoms with E-state index >= 15 is 0 Å². The van der Waals surface area contributed by atoms with Crippen molar-refractivity contribution in [2.75, 3.05) is 7.11 Å². The molecule has 0 amide bonds. The van der Waals surface area contributed by atoms with Crippen LogP contribution < -0.4 is 10.4 Å². The van der Waals surface area contributed by atoms with Crippen LogP contribution in [0.3, 0.4) is 0 Å². The molecule has 0 radical (unpaired) electrons. The van der Waals surface area contributed by atoms with Crippen molar-refractivity contribution in [2.24, 2.45) is 7.05 Å². The minimum absolute atomic E-state index is 0.0648. The summed E-state index contributed by atoms with van der Waals surface area (Å²) in [6.45, 7) is -0.369. The van der Waals surface area contributed by atoms with Crippen LogP contribution in [-0.2, 0) is 13.7 Å². The highest BCUT2D eigenvalue weighted by atomic mass is 16.5. The van der Waals surface area contributed by atoms with Crippen molar-refractivity contribution in [3.8, 4) is 6.01 Å². The first-order valence-electron chi connectivity index (χ1n) is 3.28. The molecule has 0 saturated carbocycles. The number of nitrogens with zero attached hydrogens (tertiary/aromatic N) is 3. The van der Waals surface area contributed by atoms with E-state index in [-0.39, 0.29) is 18.4 Å². The third-order valence-electron chi connectivity index (χ3n) is 1.35. The van der Waals surface area contributed by atoms with Gasteiger partial charge >= 0.3 is 11.7 Å². The van der Waals surface area contributed by atoms with Gasteiger partial charge in [0.1, 0.15) is 6.61 Å². The summed E-state index contributed by atoms with van der Waals surface area (Å²) in [5.41, 5.74) is -0.495. The summed E-state index contributed by atoms with van der Waals surface area (Å²) in [6, 6.07) is 0.138. The van der Waals surface area contributed by atoms with Crippen LogP contribution in [0.1, 0.15) is 5.82 Å². The van der Waals surface area contributed by atoms with Crippen molar-refractivity contribution in [1.82, 2.24) is 14.5 Å². The molecular weight excluding hydrogens is 162 g/mol. The summed E-state index contributed by atoms with van der Waals surface area (Å²) < 4.78 is 5.92. The fraction of sp³-hybridized carbons (Fsp3) is 0.500. The maximum atomic E-state index is 11.0. The Morgan fingerprint density at radius 2 is 2.25 bits per heavy atom. The number of ether oxygens (including phenoxy) is 1. The minimum Gasteiger partial charge on any atom is -0.468 e. The summed E-state index contributed by atoms with van der Waals surface area (Å²) >= 11 is 0. The van der Waals surface area contributed by atoms with Gasteiger partial charge in [-0.2, -0.15) is 9.97 Å². The van der Waals surface area contributed by atoms with Crippen molar-refractivity contribution in [2.45, 2.75) is 6.61 Å². The molecule has 1 aromatic rings. The van der Waals surface area contributed by atoms with Gasteiger partial charge in [0.05, 0.1) is 7.11 Å². The maximum absolute atomic E-state index is 11.0. The van der Waals surface area contributed by atoms with E-state index in [2.05, 4.69) is 9.97 Å². The third-order valence-corrected chi connectivity index (χ3v) is 1.35. The van der Waals surface area contributed by atoms with Gasteiger partial charge in [0.15, 0.2) is 5.82 Å². The molecule has 0 spiro atoms. The molecule has 1 N–H and O–H groups in total. The number of hydrogen-bond acceptors (Lipinski definition) is 5. The highest BCUT2D eigenvalue weighted by Crippen LogP contribution is 1.99. The maximum Gasteiger partial charge on any atom is 0.353 e. The Balaban J connectivity index is 3.29. The summed E-state index contributed by atoms with van der Waals surface area (Å²) in [7, 11) is 2.88. The van der Waals surface area contributed by atoms with Gasteiger partial charge in [-0.3, -0.25) is 0 Å². The first kappa shape index (κ1) is 8.66. The summed E-state index contributed by atoms with van der Waals surface area (Å²) in [6.07, 6.45) is 0. The van der Waals surface area contributed by atoms with Crippen LogP contribution in [0.5, 0.6) is 6.01 Å². The van der Waals surface area contributed by atoms with Crippen LogP contribution >= 0.6 is 0 Å². The summed E-state index contributed by atoms with van der Waals surface area (Å²) in [4.78, 5) is 18.2. The Bertz CT molecular complexity index is 333. The second-order valence-corrected chi connectivity index (χ2v) is 2.13. The topological polar surface area (TPSA) is 77.2 Å². The quantitative estimate of drug-likeness (QED) is 0.597. The SMILES string of the molecule is COc1nc(CO)nc(=O)n1C. The lowest BCUT2D eigenvalue weighted by Gasteiger charge is -2.04. The summed E-state index contributed by atoms with van der Waals surface area (Å²) in [5.74, 6) is 0.0648. The van der Waals surface area contributed by atoms with E-state index in [1.54, 1.807) is 0 Å². The zero-order chi connectivity index (χ0) is 9.14. The largest absolute Gasteiger partial charge is 0.468 e. The molecule has 6 nitrogen and oxygen atoms in total. The number of aromatic nitrogens is 3. The average Bonchev–Trinajstić information content (AvgIpc) is 2.09. The highest BCUT2D eigenvalue weighted by Gasteiger charge is 2.05. The second-order valence-electron chi connectivity index (χ2n) is 2.13. The molecule has 0 aliphatic rings.